The van der Waals surface area contributed by atoms with Crippen molar-refractivity contribution in [2.75, 3.05) is 0 Å². The summed E-state index contributed by atoms with van der Waals surface area (Å²) in [5, 5.41) is 0. The Bertz CT molecular complexity index is 369. The first-order valence-electron chi connectivity index (χ1n) is 5.31. The molecule has 0 aliphatic rings. The molecule has 84 valence electrons. The summed E-state index contributed by atoms with van der Waals surface area (Å²) in [4.78, 5) is 16.2. The van der Waals surface area contributed by atoms with Gasteiger partial charge in [0, 0.05) is 24.6 Å². The van der Waals surface area contributed by atoms with Crippen LogP contribution in [-0.2, 0) is 12.5 Å². The van der Waals surface area contributed by atoms with Crippen LogP contribution < -0.4 is 0 Å². The highest BCUT2D eigenvalue weighted by atomic mass is 16.1. The van der Waals surface area contributed by atoms with E-state index in [2.05, 4.69) is 25.8 Å². The van der Waals surface area contributed by atoms with Crippen molar-refractivity contribution in [3.05, 3.63) is 17.7 Å². The molecule has 0 bridgehead atoms. The maximum Gasteiger partial charge on any atom is 0.185 e. The van der Waals surface area contributed by atoms with Gasteiger partial charge in [0.05, 0.1) is 0 Å². The number of hydrogen-bond acceptors (Lipinski definition) is 2. The SMILES string of the molecule is CC(C)C(=O)c1cn(C)c(C(C)(C)C)n1. The molecule has 3 nitrogen and oxygen atoms in total. The summed E-state index contributed by atoms with van der Waals surface area (Å²) in [7, 11) is 1.94. The summed E-state index contributed by atoms with van der Waals surface area (Å²) < 4.78 is 1.94. The summed E-state index contributed by atoms with van der Waals surface area (Å²) in [6.07, 6.45) is 1.82. The van der Waals surface area contributed by atoms with Gasteiger partial charge in [0.2, 0.25) is 0 Å². The Hall–Kier alpha value is -1.12. The summed E-state index contributed by atoms with van der Waals surface area (Å²) in [5.74, 6) is 1.07. The van der Waals surface area contributed by atoms with E-state index < -0.39 is 0 Å². The second kappa shape index (κ2) is 3.80. The van der Waals surface area contributed by atoms with Gasteiger partial charge in [-0.05, 0) is 0 Å². The number of imidazole rings is 1. The fraction of sp³-hybridized carbons (Fsp3) is 0.667. The van der Waals surface area contributed by atoms with Crippen LogP contribution in [0, 0.1) is 5.92 Å². The third kappa shape index (κ3) is 2.46. The molecule has 15 heavy (non-hydrogen) atoms. The van der Waals surface area contributed by atoms with E-state index in [9.17, 15) is 4.79 Å². The maximum absolute atomic E-state index is 11.8. The van der Waals surface area contributed by atoms with Crippen LogP contribution in [0.4, 0.5) is 0 Å². The van der Waals surface area contributed by atoms with Gasteiger partial charge in [-0.2, -0.15) is 0 Å². The number of ketones is 1. The molecule has 0 aromatic carbocycles. The van der Waals surface area contributed by atoms with E-state index in [-0.39, 0.29) is 17.1 Å². The molecule has 0 radical (unpaired) electrons. The van der Waals surface area contributed by atoms with E-state index in [1.54, 1.807) is 0 Å². The van der Waals surface area contributed by atoms with Crippen LogP contribution in [0.3, 0.4) is 0 Å². The Morgan fingerprint density at radius 1 is 1.40 bits per heavy atom. The lowest BCUT2D eigenvalue weighted by atomic mass is 9.96. The van der Waals surface area contributed by atoms with Gasteiger partial charge < -0.3 is 4.57 Å². The number of hydrogen-bond donors (Lipinski definition) is 0. The van der Waals surface area contributed by atoms with Crippen LogP contribution in [0.5, 0.6) is 0 Å². The van der Waals surface area contributed by atoms with Crippen molar-refractivity contribution in [2.24, 2.45) is 13.0 Å². The highest BCUT2D eigenvalue weighted by molar-refractivity contribution is 5.95. The molecule has 1 aromatic heterocycles. The van der Waals surface area contributed by atoms with Crippen molar-refractivity contribution >= 4 is 5.78 Å². The van der Waals surface area contributed by atoms with E-state index in [0.717, 1.165) is 5.82 Å². The van der Waals surface area contributed by atoms with Crippen LogP contribution >= 0.6 is 0 Å². The van der Waals surface area contributed by atoms with Crippen LogP contribution in [0.15, 0.2) is 6.20 Å². The predicted octanol–water partition coefficient (Wildman–Crippen LogP) is 2.56. The summed E-state index contributed by atoms with van der Waals surface area (Å²) in [6.45, 7) is 10.1. The molecule has 0 unspecified atom stereocenters. The Balaban J connectivity index is 3.12. The van der Waals surface area contributed by atoms with Gasteiger partial charge in [-0.1, -0.05) is 34.6 Å². The summed E-state index contributed by atoms with van der Waals surface area (Å²) in [5.41, 5.74) is 0.557. The average molecular weight is 208 g/mol. The van der Waals surface area contributed by atoms with Crippen LogP contribution in [-0.4, -0.2) is 15.3 Å². The lowest BCUT2D eigenvalue weighted by Crippen LogP contribution is -2.17. The zero-order valence-corrected chi connectivity index (χ0v) is 10.5. The summed E-state index contributed by atoms with van der Waals surface area (Å²) in [6, 6.07) is 0. The molecule has 0 N–H and O–H groups in total. The normalized spacial score (nSPS) is 12.2. The van der Waals surface area contributed by atoms with Gasteiger partial charge in [0.1, 0.15) is 11.5 Å². The van der Waals surface area contributed by atoms with Crippen LogP contribution in [0.25, 0.3) is 0 Å². The van der Waals surface area contributed by atoms with E-state index in [1.807, 2.05) is 31.7 Å². The first kappa shape index (κ1) is 12.0. The molecule has 1 heterocycles. The van der Waals surface area contributed by atoms with Crippen molar-refractivity contribution in [2.45, 2.75) is 40.0 Å². The number of nitrogens with zero attached hydrogens (tertiary/aromatic N) is 2. The molecule has 3 heteroatoms. The number of carbonyl (C=O) groups is 1. The van der Waals surface area contributed by atoms with Crippen molar-refractivity contribution in [1.82, 2.24) is 9.55 Å². The lowest BCUT2D eigenvalue weighted by Gasteiger charge is -2.17. The smallest absolute Gasteiger partial charge is 0.185 e. The van der Waals surface area contributed by atoms with E-state index in [0.29, 0.717) is 5.69 Å². The fourth-order valence-corrected chi connectivity index (χ4v) is 1.58. The van der Waals surface area contributed by atoms with Gasteiger partial charge in [0.15, 0.2) is 5.78 Å². The largest absolute Gasteiger partial charge is 0.337 e. The maximum atomic E-state index is 11.8. The Kier molecular flexibility index (Phi) is 3.03. The molecular weight excluding hydrogens is 188 g/mol. The molecule has 1 aromatic rings. The predicted molar refractivity (Wildman–Crippen MR) is 61.1 cm³/mol. The quantitative estimate of drug-likeness (QED) is 0.700. The van der Waals surface area contributed by atoms with Gasteiger partial charge in [0.25, 0.3) is 0 Å². The van der Waals surface area contributed by atoms with E-state index in [4.69, 9.17) is 0 Å². The molecule has 0 spiro atoms. The molecule has 0 atom stereocenters. The van der Waals surface area contributed by atoms with Crippen molar-refractivity contribution in [3.63, 3.8) is 0 Å². The monoisotopic (exact) mass is 208 g/mol. The minimum Gasteiger partial charge on any atom is -0.337 e. The highest BCUT2D eigenvalue weighted by Crippen LogP contribution is 2.21. The number of Topliss-reactive ketones (excluding diaryl/α,β-unsaturated/α-hetero) is 1. The standard InChI is InChI=1S/C12H20N2O/c1-8(2)10(15)9-7-14(6)11(13-9)12(3,4)5/h7-8H,1-6H3. The fourth-order valence-electron chi connectivity index (χ4n) is 1.58. The van der Waals surface area contributed by atoms with Gasteiger partial charge in [-0.25, -0.2) is 4.98 Å². The topological polar surface area (TPSA) is 34.9 Å². The Morgan fingerprint density at radius 3 is 2.27 bits per heavy atom. The molecule has 0 amide bonds. The molecule has 0 saturated heterocycles. The Labute approximate surface area is 91.5 Å². The molecule has 1 rings (SSSR count). The number of rotatable bonds is 2. The lowest BCUT2D eigenvalue weighted by molar-refractivity contribution is 0.0934. The van der Waals surface area contributed by atoms with E-state index >= 15 is 0 Å². The Morgan fingerprint density at radius 2 is 1.93 bits per heavy atom. The molecule has 0 fully saturated rings. The second-order valence-corrected chi connectivity index (χ2v) is 5.33. The third-order valence-electron chi connectivity index (χ3n) is 2.32. The molecular formula is C12H20N2O. The zero-order valence-electron chi connectivity index (χ0n) is 10.5. The van der Waals surface area contributed by atoms with Crippen LogP contribution in [0.1, 0.15) is 50.9 Å². The van der Waals surface area contributed by atoms with Crippen LogP contribution in [0.2, 0.25) is 0 Å². The number of carbonyl (C=O) groups excluding carboxylic acids is 1. The van der Waals surface area contributed by atoms with Gasteiger partial charge in [-0.3, -0.25) is 4.79 Å². The van der Waals surface area contributed by atoms with Gasteiger partial charge in [-0.15, -0.1) is 0 Å². The minimum atomic E-state index is -0.0236. The summed E-state index contributed by atoms with van der Waals surface area (Å²) >= 11 is 0. The first-order chi connectivity index (χ1) is 6.73. The minimum absolute atomic E-state index is 0.00715. The number of aromatic nitrogens is 2. The molecule has 0 aliphatic carbocycles. The third-order valence-corrected chi connectivity index (χ3v) is 2.32. The highest BCUT2D eigenvalue weighted by Gasteiger charge is 2.23. The molecule has 0 aliphatic heterocycles. The van der Waals surface area contributed by atoms with E-state index in [1.165, 1.54) is 0 Å². The van der Waals surface area contributed by atoms with Crippen molar-refractivity contribution in [1.29, 1.82) is 0 Å². The van der Waals surface area contributed by atoms with Crippen molar-refractivity contribution in [3.8, 4) is 0 Å². The molecule has 0 saturated carbocycles. The first-order valence-corrected chi connectivity index (χ1v) is 5.31. The van der Waals surface area contributed by atoms with Gasteiger partial charge >= 0.3 is 0 Å². The van der Waals surface area contributed by atoms with Crippen molar-refractivity contribution < 1.29 is 4.79 Å². The number of aryl methyl sites for hydroxylation is 1. The second-order valence-electron chi connectivity index (χ2n) is 5.33. The zero-order chi connectivity index (χ0) is 11.8. The average Bonchev–Trinajstić information content (AvgIpc) is 2.44.